The Bertz CT molecular complexity index is 481. The average molecular weight is 332 g/mol. The Morgan fingerprint density at radius 1 is 1.47 bits per heavy atom. The fourth-order valence-electron chi connectivity index (χ4n) is 1.40. The fraction of sp³-hybridized carbons (Fsp3) is 0.455. The maximum Gasteiger partial charge on any atom is 0.148 e. The minimum absolute atomic E-state index is 0.281. The Balaban J connectivity index is 2.10. The smallest absolute Gasteiger partial charge is 0.148 e. The number of thiophene rings is 1. The third-order valence-corrected chi connectivity index (χ3v) is 4.99. The zero-order valence-electron chi connectivity index (χ0n) is 9.74. The molecule has 1 atom stereocenters. The van der Waals surface area contributed by atoms with Gasteiger partial charge in [-0.25, -0.2) is 0 Å². The molecular formula is C11H14BrN3S2. The van der Waals surface area contributed by atoms with Crippen LogP contribution in [0.3, 0.4) is 0 Å². The molecule has 2 rings (SSSR count). The van der Waals surface area contributed by atoms with Crippen molar-refractivity contribution >= 4 is 38.6 Å². The molecule has 0 spiro atoms. The first-order valence-electron chi connectivity index (χ1n) is 5.52. The maximum atomic E-state index is 4.25. The van der Waals surface area contributed by atoms with Gasteiger partial charge in [-0.1, -0.05) is 18.3 Å². The number of rotatable bonds is 5. The van der Waals surface area contributed by atoms with Gasteiger partial charge in [0.15, 0.2) is 0 Å². The summed E-state index contributed by atoms with van der Waals surface area (Å²) in [5, 5.41) is 16.1. The minimum atomic E-state index is 0.281. The summed E-state index contributed by atoms with van der Waals surface area (Å²) in [6.45, 7) is 5.30. The molecule has 1 N–H and O–H groups in total. The normalized spacial score (nSPS) is 12.9. The molecule has 0 fully saturated rings. The molecule has 0 aliphatic rings. The molecule has 2 aromatic rings. The van der Waals surface area contributed by atoms with Crippen molar-refractivity contribution < 1.29 is 0 Å². The Hall–Kier alpha value is -0.300. The topological polar surface area (TPSA) is 37.8 Å². The van der Waals surface area contributed by atoms with Crippen molar-refractivity contribution in [1.82, 2.24) is 15.5 Å². The highest BCUT2D eigenvalue weighted by molar-refractivity contribution is 9.11. The summed E-state index contributed by atoms with van der Waals surface area (Å²) in [5.41, 5.74) is 1.15. The van der Waals surface area contributed by atoms with Crippen molar-refractivity contribution in [3.8, 4) is 10.6 Å². The second-order valence-corrected chi connectivity index (χ2v) is 7.06. The standard InChI is InChI=1S/C11H14BrN3S2/c1-3-4-13-7(2)10-14-15-11(17-10)8-5-9(12)16-6-8/h5-7,13H,3-4H2,1-2H3. The Morgan fingerprint density at radius 2 is 2.29 bits per heavy atom. The molecule has 0 radical (unpaired) electrons. The van der Waals surface area contributed by atoms with E-state index < -0.39 is 0 Å². The van der Waals surface area contributed by atoms with E-state index >= 15 is 0 Å². The van der Waals surface area contributed by atoms with Crippen LogP contribution in [-0.2, 0) is 0 Å². The number of nitrogens with zero attached hydrogens (tertiary/aromatic N) is 2. The number of hydrogen-bond donors (Lipinski definition) is 1. The van der Waals surface area contributed by atoms with E-state index in [4.69, 9.17) is 0 Å². The van der Waals surface area contributed by atoms with E-state index in [1.807, 2.05) is 0 Å². The molecule has 3 nitrogen and oxygen atoms in total. The predicted molar refractivity (Wildman–Crippen MR) is 77.6 cm³/mol. The lowest BCUT2D eigenvalue weighted by Crippen LogP contribution is -2.18. The number of hydrogen-bond acceptors (Lipinski definition) is 5. The zero-order valence-corrected chi connectivity index (χ0v) is 13.0. The molecule has 2 heterocycles. The van der Waals surface area contributed by atoms with E-state index in [0.29, 0.717) is 0 Å². The number of nitrogens with one attached hydrogen (secondary N) is 1. The lowest BCUT2D eigenvalue weighted by Gasteiger charge is -2.08. The largest absolute Gasteiger partial charge is 0.308 e. The van der Waals surface area contributed by atoms with Crippen LogP contribution < -0.4 is 5.32 Å². The Labute approximate surface area is 117 Å². The third-order valence-electron chi connectivity index (χ3n) is 2.33. The molecule has 0 bridgehead atoms. The molecule has 6 heteroatoms. The van der Waals surface area contributed by atoms with Gasteiger partial charge in [-0.3, -0.25) is 0 Å². The fourth-order valence-corrected chi connectivity index (χ4v) is 3.47. The summed E-state index contributed by atoms with van der Waals surface area (Å²) in [7, 11) is 0. The summed E-state index contributed by atoms with van der Waals surface area (Å²) in [5.74, 6) is 0. The third kappa shape index (κ3) is 3.34. The van der Waals surface area contributed by atoms with Crippen LogP contribution in [0.4, 0.5) is 0 Å². The average Bonchev–Trinajstić information content (AvgIpc) is 2.93. The van der Waals surface area contributed by atoms with Crippen molar-refractivity contribution in [2.45, 2.75) is 26.3 Å². The van der Waals surface area contributed by atoms with Crippen LogP contribution in [0.25, 0.3) is 10.6 Å². The van der Waals surface area contributed by atoms with Gasteiger partial charge < -0.3 is 5.32 Å². The summed E-state index contributed by atoms with van der Waals surface area (Å²) in [6.07, 6.45) is 1.13. The van der Waals surface area contributed by atoms with E-state index in [1.54, 1.807) is 22.7 Å². The van der Waals surface area contributed by atoms with Crippen molar-refractivity contribution in [3.05, 3.63) is 20.2 Å². The number of aromatic nitrogens is 2. The first-order valence-corrected chi connectivity index (χ1v) is 8.00. The van der Waals surface area contributed by atoms with Gasteiger partial charge in [-0.05, 0) is 41.9 Å². The Morgan fingerprint density at radius 3 is 2.94 bits per heavy atom. The van der Waals surface area contributed by atoms with Crippen molar-refractivity contribution in [2.75, 3.05) is 6.54 Å². The van der Waals surface area contributed by atoms with Crippen LogP contribution in [-0.4, -0.2) is 16.7 Å². The van der Waals surface area contributed by atoms with Gasteiger partial charge >= 0.3 is 0 Å². The molecule has 0 saturated heterocycles. The molecule has 0 aromatic carbocycles. The van der Waals surface area contributed by atoms with Crippen LogP contribution in [0, 0.1) is 0 Å². The summed E-state index contributed by atoms with van der Waals surface area (Å²) in [4.78, 5) is 0. The second-order valence-electron chi connectivity index (χ2n) is 3.76. The second kappa shape index (κ2) is 6.04. The van der Waals surface area contributed by atoms with E-state index in [1.165, 1.54) is 0 Å². The maximum absolute atomic E-state index is 4.25. The lowest BCUT2D eigenvalue weighted by atomic mass is 10.3. The van der Waals surface area contributed by atoms with Gasteiger partial charge in [0.1, 0.15) is 10.0 Å². The van der Waals surface area contributed by atoms with Crippen molar-refractivity contribution in [2.24, 2.45) is 0 Å². The SMILES string of the molecule is CCCNC(C)c1nnc(-c2csc(Br)c2)s1. The van der Waals surface area contributed by atoms with Gasteiger partial charge in [0.2, 0.25) is 0 Å². The molecule has 2 aromatic heterocycles. The summed E-state index contributed by atoms with van der Waals surface area (Å²) >= 11 is 6.79. The first kappa shape index (κ1) is 13.1. The van der Waals surface area contributed by atoms with Crippen LogP contribution in [0.1, 0.15) is 31.3 Å². The highest BCUT2D eigenvalue weighted by Crippen LogP contribution is 2.32. The molecular weight excluding hydrogens is 318 g/mol. The summed E-state index contributed by atoms with van der Waals surface area (Å²) in [6, 6.07) is 2.36. The zero-order chi connectivity index (χ0) is 12.3. The van der Waals surface area contributed by atoms with Gasteiger partial charge in [0.05, 0.1) is 9.83 Å². The van der Waals surface area contributed by atoms with Crippen molar-refractivity contribution in [1.29, 1.82) is 0 Å². The van der Waals surface area contributed by atoms with Gasteiger partial charge in [0, 0.05) is 10.9 Å². The minimum Gasteiger partial charge on any atom is -0.308 e. The molecule has 92 valence electrons. The highest BCUT2D eigenvalue weighted by atomic mass is 79.9. The van der Waals surface area contributed by atoms with E-state index in [2.05, 4.69) is 56.7 Å². The molecule has 0 aliphatic heterocycles. The molecule has 0 amide bonds. The molecule has 1 unspecified atom stereocenters. The van der Waals surface area contributed by atoms with E-state index in [-0.39, 0.29) is 6.04 Å². The summed E-state index contributed by atoms with van der Waals surface area (Å²) < 4.78 is 1.13. The van der Waals surface area contributed by atoms with Crippen LogP contribution in [0.5, 0.6) is 0 Å². The highest BCUT2D eigenvalue weighted by Gasteiger charge is 2.13. The van der Waals surface area contributed by atoms with Gasteiger partial charge in [-0.15, -0.1) is 21.5 Å². The first-order chi connectivity index (χ1) is 8.20. The lowest BCUT2D eigenvalue weighted by molar-refractivity contribution is 0.564. The quantitative estimate of drug-likeness (QED) is 0.896. The van der Waals surface area contributed by atoms with Gasteiger partial charge in [-0.2, -0.15) is 0 Å². The van der Waals surface area contributed by atoms with Gasteiger partial charge in [0.25, 0.3) is 0 Å². The van der Waals surface area contributed by atoms with Crippen molar-refractivity contribution in [3.63, 3.8) is 0 Å². The van der Waals surface area contributed by atoms with Crippen LogP contribution >= 0.6 is 38.6 Å². The Kier molecular flexibility index (Phi) is 4.67. The van der Waals surface area contributed by atoms with E-state index in [9.17, 15) is 0 Å². The molecule has 17 heavy (non-hydrogen) atoms. The van der Waals surface area contributed by atoms with Crippen LogP contribution in [0.15, 0.2) is 15.2 Å². The van der Waals surface area contributed by atoms with E-state index in [0.717, 1.165) is 32.3 Å². The number of halogens is 1. The van der Waals surface area contributed by atoms with Crippen LogP contribution in [0.2, 0.25) is 0 Å². The predicted octanol–water partition coefficient (Wildman–Crippen LogP) is 4.09. The molecule has 0 saturated carbocycles. The molecule has 0 aliphatic carbocycles. The monoisotopic (exact) mass is 331 g/mol.